The third-order valence-corrected chi connectivity index (χ3v) is 3.71. The number of nitrogens with zero attached hydrogens (tertiary/aromatic N) is 4. The van der Waals surface area contributed by atoms with Gasteiger partial charge < -0.3 is 10.0 Å². The molecule has 5 nitrogen and oxygen atoms in total. The highest BCUT2D eigenvalue weighted by Crippen LogP contribution is 2.24. The zero-order valence-electron chi connectivity index (χ0n) is 11.5. The molecule has 104 valence electrons. The van der Waals surface area contributed by atoms with E-state index in [1.807, 2.05) is 37.3 Å². The molecule has 20 heavy (non-hydrogen) atoms. The van der Waals surface area contributed by atoms with E-state index in [0.29, 0.717) is 6.54 Å². The predicted molar refractivity (Wildman–Crippen MR) is 76.4 cm³/mol. The van der Waals surface area contributed by atoms with Crippen molar-refractivity contribution in [3.63, 3.8) is 0 Å². The number of aliphatic hydroxyl groups is 1. The van der Waals surface area contributed by atoms with Crippen LogP contribution in [-0.4, -0.2) is 39.5 Å². The monoisotopic (exact) mass is 270 g/mol. The highest BCUT2D eigenvalue weighted by atomic mass is 16.3. The van der Waals surface area contributed by atoms with Gasteiger partial charge in [-0.25, -0.2) is 0 Å². The smallest absolute Gasteiger partial charge is 0.151 e. The minimum atomic E-state index is -0.347. The number of anilines is 1. The summed E-state index contributed by atoms with van der Waals surface area (Å²) < 4.78 is 0. The van der Waals surface area contributed by atoms with Crippen molar-refractivity contribution < 1.29 is 5.11 Å². The lowest BCUT2D eigenvalue weighted by atomic mass is 10.00. The molecule has 0 aromatic carbocycles. The lowest BCUT2D eigenvalue weighted by molar-refractivity contribution is 0.148. The molecule has 3 heterocycles. The van der Waals surface area contributed by atoms with Crippen LogP contribution in [0.1, 0.15) is 11.4 Å². The van der Waals surface area contributed by atoms with Crippen molar-refractivity contribution in [1.82, 2.24) is 15.2 Å². The molecule has 0 spiro atoms. The van der Waals surface area contributed by atoms with E-state index in [2.05, 4.69) is 20.1 Å². The molecular weight excluding hydrogens is 252 g/mol. The van der Waals surface area contributed by atoms with Crippen molar-refractivity contribution in [3.8, 4) is 0 Å². The van der Waals surface area contributed by atoms with Crippen LogP contribution in [0.3, 0.4) is 0 Å². The van der Waals surface area contributed by atoms with E-state index in [0.717, 1.165) is 30.2 Å². The highest BCUT2D eigenvalue weighted by Gasteiger charge is 2.32. The standard InChI is InChI=1S/C15H18N4O/c1-11-5-6-15(18-17-11)19-9-12(14(20)10-19)8-13-4-2-3-7-16-13/h2-7,12,14,20H,8-10H2,1H3/t12-,14-/m1/s1. The van der Waals surface area contributed by atoms with E-state index < -0.39 is 0 Å². The largest absolute Gasteiger partial charge is 0.391 e. The first-order valence-electron chi connectivity index (χ1n) is 6.85. The molecule has 3 rings (SSSR count). The minimum Gasteiger partial charge on any atom is -0.391 e. The Bertz CT molecular complexity index is 558. The molecule has 1 N–H and O–H groups in total. The Morgan fingerprint density at radius 2 is 2.10 bits per heavy atom. The predicted octanol–water partition coefficient (Wildman–Crippen LogP) is 1.22. The number of pyridine rings is 1. The van der Waals surface area contributed by atoms with Crippen LogP contribution in [0.25, 0.3) is 0 Å². The molecule has 0 radical (unpaired) electrons. The quantitative estimate of drug-likeness (QED) is 0.908. The second-order valence-corrected chi connectivity index (χ2v) is 5.29. The summed E-state index contributed by atoms with van der Waals surface area (Å²) in [5, 5.41) is 18.5. The fourth-order valence-corrected chi connectivity index (χ4v) is 2.59. The van der Waals surface area contributed by atoms with E-state index in [1.54, 1.807) is 6.20 Å². The van der Waals surface area contributed by atoms with Crippen LogP contribution in [0.2, 0.25) is 0 Å². The van der Waals surface area contributed by atoms with E-state index in [4.69, 9.17) is 0 Å². The van der Waals surface area contributed by atoms with Crippen LogP contribution in [0.15, 0.2) is 36.5 Å². The molecule has 2 atom stereocenters. The molecular formula is C15H18N4O. The van der Waals surface area contributed by atoms with Gasteiger partial charge in [0.05, 0.1) is 11.8 Å². The summed E-state index contributed by atoms with van der Waals surface area (Å²) in [6.07, 6.45) is 2.23. The maximum atomic E-state index is 10.2. The third-order valence-electron chi connectivity index (χ3n) is 3.71. The summed E-state index contributed by atoms with van der Waals surface area (Å²) in [4.78, 5) is 6.42. The van der Waals surface area contributed by atoms with Gasteiger partial charge in [0, 0.05) is 30.9 Å². The number of aromatic nitrogens is 3. The highest BCUT2D eigenvalue weighted by molar-refractivity contribution is 5.39. The molecule has 1 aliphatic rings. The Labute approximate surface area is 118 Å². The number of hydrogen-bond donors (Lipinski definition) is 1. The summed E-state index contributed by atoms with van der Waals surface area (Å²) in [6.45, 7) is 3.31. The van der Waals surface area contributed by atoms with Crippen molar-refractivity contribution in [2.24, 2.45) is 5.92 Å². The van der Waals surface area contributed by atoms with Gasteiger partial charge in [-0.05, 0) is 37.6 Å². The van der Waals surface area contributed by atoms with E-state index in [9.17, 15) is 5.11 Å². The Hall–Kier alpha value is -2.01. The first-order chi connectivity index (χ1) is 9.72. The topological polar surface area (TPSA) is 62.1 Å². The fraction of sp³-hybridized carbons (Fsp3) is 0.400. The first-order valence-corrected chi connectivity index (χ1v) is 6.85. The Kier molecular flexibility index (Phi) is 3.60. The molecule has 0 bridgehead atoms. The maximum absolute atomic E-state index is 10.2. The Morgan fingerprint density at radius 1 is 1.20 bits per heavy atom. The number of β-amino-alcohol motifs (C(OH)–C–C–N with tert-alkyl or cyclic N) is 1. The number of aliphatic hydroxyl groups excluding tert-OH is 1. The molecule has 0 unspecified atom stereocenters. The second kappa shape index (κ2) is 5.54. The maximum Gasteiger partial charge on any atom is 0.151 e. The van der Waals surface area contributed by atoms with Gasteiger partial charge in [0.25, 0.3) is 0 Å². The van der Waals surface area contributed by atoms with Gasteiger partial charge in [-0.15, -0.1) is 5.10 Å². The minimum absolute atomic E-state index is 0.188. The van der Waals surface area contributed by atoms with Crippen molar-refractivity contribution in [2.45, 2.75) is 19.4 Å². The number of aryl methyl sites for hydroxylation is 1. The zero-order valence-corrected chi connectivity index (χ0v) is 11.5. The molecule has 1 aliphatic heterocycles. The van der Waals surface area contributed by atoms with Crippen molar-refractivity contribution in [1.29, 1.82) is 0 Å². The van der Waals surface area contributed by atoms with Crippen LogP contribution in [-0.2, 0) is 6.42 Å². The van der Waals surface area contributed by atoms with Crippen LogP contribution in [0, 0.1) is 12.8 Å². The summed E-state index contributed by atoms with van der Waals surface area (Å²) >= 11 is 0. The number of rotatable bonds is 3. The van der Waals surface area contributed by atoms with Gasteiger partial charge in [0.1, 0.15) is 0 Å². The molecule has 0 amide bonds. The Morgan fingerprint density at radius 3 is 2.80 bits per heavy atom. The SMILES string of the molecule is Cc1ccc(N2C[C@@H](Cc3ccccn3)[C@H](O)C2)nn1. The average molecular weight is 270 g/mol. The molecule has 1 fully saturated rings. The van der Waals surface area contributed by atoms with E-state index >= 15 is 0 Å². The van der Waals surface area contributed by atoms with Crippen LogP contribution >= 0.6 is 0 Å². The van der Waals surface area contributed by atoms with Gasteiger partial charge in [0.2, 0.25) is 0 Å². The van der Waals surface area contributed by atoms with Crippen LogP contribution in [0.4, 0.5) is 5.82 Å². The fourth-order valence-electron chi connectivity index (χ4n) is 2.59. The molecule has 2 aromatic rings. The van der Waals surface area contributed by atoms with Crippen LogP contribution < -0.4 is 4.90 Å². The summed E-state index contributed by atoms with van der Waals surface area (Å²) in [5.74, 6) is 1.02. The Balaban J connectivity index is 1.69. The molecule has 0 aliphatic carbocycles. The lowest BCUT2D eigenvalue weighted by Gasteiger charge is -2.16. The van der Waals surface area contributed by atoms with Gasteiger partial charge in [-0.1, -0.05) is 6.07 Å². The van der Waals surface area contributed by atoms with Gasteiger partial charge >= 0.3 is 0 Å². The van der Waals surface area contributed by atoms with Crippen molar-refractivity contribution in [3.05, 3.63) is 47.9 Å². The van der Waals surface area contributed by atoms with Gasteiger partial charge in [-0.2, -0.15) is 5.10 Å². The van der Waals surface area contributed by atoms with E-state index in [1.165, 1.54) is 0 Å². The average Bonchev–Trinajstić information content (AvgIpc) is 2.82. The van der Waals surface area contributed by atoms with E-state index in [-0.39, 0.29) is 12.0 Å². The summed E-state index contributed by atoms with van der Waals surface area (Å²) in [6, 6.07) is 9.79. The zero-order chi connectivity index (χ0) is 13.9. The third kappa shape index (κ3) is 2.77. The summed E-state index contributed by atoms with van der Waals surface area (Å²) in [5.41, 5.74) is 1.92. The molecule has 0 saturated carbocycles. The molecule has 2 aromatic heterocycles. The van der Waals surface area contributed by atoms with Gasteiger partial charge in [-0.3, -0.25) is 4.98 Å². The number of hydrogen-bond acceptors (Lipinski definition) is 5. The van der Waals surface area contributed by atoms with Gasteiger partial charge in [0.15, 0.2) is 5.82 Å². The van der Waals surface area contributed by atoms with Crippen LogP contribution in [0.5, 0.6) is 0 Å². The second-order valence-electron chi connectivity index (χ2n) is 5.29. The molecule has 5 heteroatoms. The van der Waals surface area contributed by atoms with Crippen molar-refractivity contribution in [2.75, 3.05) is 18.0 Å². The summed E-state index contributed by atoms with van der Waals surface area (Å²) in [7, 11) is 0. The normalized spacial score (nSPS) is 22.2. The lowest BCUT2D eigenvalue weighted by Crippen LogP contribution is -2.22. The first kappa shape index (κ1) is 13.0. The van der Waals surface area contributed by atoms with Crippen molar-refractivity contribution >= 4 is 5.82 Å². The molecule has 1 saturated heterocycles.